The molecule has 0 fully saturated rings. The number of carbonyl (C=O) groups excluding carboxylic acids is 1. The van der Waals surface area contributed by atoms with E-state index in [-0.39, 0.29) is 17.1 Å². The normalized spacial score (nSPS) is 15.7. The van der Waals surface area contributed by atoms with Crippen molar-refractivity contribution in [3.05, 3.63) is 41.0 Å². The maximum Gasteiger partial charge on any atom is 0.342 e. The van der Waals surface area contributed by atoms with Crippen molar-refractivity contribution in [2.75, 3.05) is 28.4 Å². The van der Waals surface area contributed by atoms with Gasteiger partial charge in [0.05, 0.1) is 28.4 Å². The Morgan fingerprint density at radius 1 is 0.962 bits per heavy atom. The van der Waals surface area contributed by atoms with E-state index >= 15 is 0 Å². The lowest BCUT2D eigenvalue weighted by Gasteiger charge is -2.27. The van der Waals surface area contributed by atoms with E-state index in [0.29, 0.717) is 29.2 Å². The molecule has 1 N–H and O–H groups in total. The first-order chi connectivity index (χ1) is 12.5. The Morgan fingerprint density at radius 3 is 2.27 bits per heavy atom. The van der Waals surface area contributed by atoms with Crippen LogP contribution in [0.25, 0.3) is 0 Å². The summed E-state index contributed by atoms with van der Waals surface area (Å²) >= 11 is 0. The van der Waals surface area contributed by atoms with Gasteiger partial charge in [-0.2, -0.15) is 0 Å². The van der Waals surface area contributed by atoms with Gasteiger partial charge in [0, 0.05) is 6.42 Å². The number of phenols is 1. The SMILES string of the molecule is COc1ccc([C@H]2Cc3cc(OC)c(OC)c(O)c3C(=O)O2)cc1OC. The second-order valence-electron chi connectivity index (χ2n) is 5.71. The summed E-state index contributed by atoms with van der Waals surface area (Å²) < 4.78 is 26.5. The van der Waals surface area contributed by atoms with E-state index in [4.69, 9.17) is 23.7 Å². The molecule has 0 bridgehead atoms. The summed E-state index contributed by atoms with van der Waals surface area (Å²) in [6.45, 7) is 0. The zero-order valence-corrected chi connectivity index (χ0v) is 15.0. The van der Waals surface area contributed by atoms with Crippen LogP contribution in [0.1, 0.15) is 27.6 Å². The fourth-order valence-electron chi connectivity index (χ4n) is 3.08. The topological polar surface area (TPSA) is 83.5 Å². The van der Waals surface area contributed by atoms with E-state index in [9.17, 15) is 9.90 Å². The summed E-state index contributed by atoms with van der Waals surface area (Å²) in [4.78, 5) is 12.5. The molecule has 0 unspecified atom stereocenters. The fraction of sp³-hybridized carbons (Fsp3) is 0.316. The molecular weight excluding hydrogens is 340 g/mol. The van der Waals surface area contributed by atoms with Gasteiger partial charge >= 0.3 is 5.97 Å². The highest BCUT2D eigenvalue weighted by Crippen LogP contribution is 2.45. The molecule has 2 aromatic carbocycles. The number of hydrogen-bond acceptors (Lipinski definition) is 7. The molecule has 0 saturated carbocycles. The van der Waals surface area contributed by atoms with Crippen LogP contribution >= 0.6 is 0 Å². The summed E-state index contributed by atoms with van der Waals surface area (Å²) in [7, 11) is 5.96. The molecule has 0 radical (unpaired) electrons. The molecule has 0 saturated heterocycles. The van der Waals surface area contributed by atoms with Crippen molar-refractivity contribution in [1.82, 2.24) is 0 Å². The number of methoxy groups -OCH3 is 4. The molecule has 0 aromatic heterocycles. The number of hydrogen-bond donors (Lipinski definition) is 1. The smallest absolute Gasteiger partial charge is 0.342 e. The number of ether oxygens (including phenoxy) is 5. The molecular formula is C19H20O7. The third-order valence-corrected chi connectivity index (χ3v) is 4.36. The summed E-state index contributed by atoms with van der Waals surface area (Å²) in [5.74, 6) is 0.684. The van der Waals surface area contributed by atoms with Crippen LogP contribution in [0.4, 0.5) is 0 Å². The van der Waals surface area contributed by atoms with Gasteiger partial charge in [-0.3, -0.25) is 0 Å². The molecule has 0 aliphatic carbocycles. The Labute approximate surface area is 151 Å². The molecule has 26 heavy (non-hydrogen) atoms. The summed E-state index contributed by atoms with van der Waals surface area (Å²) in [6.07, 6.45) is -0.142. The predicted molar refractivity (Wildman–Crippen MR) is 92.6 cm³/mol. The highest BCUT2D eigenvalue weighted by molar-refractivity contribution is 5.97. The van der Waals surface area contributed by atoms with Crippen molar-refractivity contribution in [2.45, 2.75) is 12.5 Å². The number of carbonyl (C=O) groups is 1. The molecule has 3 rings (SSSR count). The van der Waals surface area contributed by atoms with Gasteiger partial charge in [0.2, 0.25) is 5.75 Å². The monoisotopic (exact) mass is 360 g/mol. The van der Waals surface area contributed by atoms with Crippen LogP contribution in [0, 0.1) is 0 Å². The van der Waals surface area contributed by atoms with E-state index in [0.717, 1.165) is 5.56 Å². The second kappa shape index (κ2) is 7.03. The van der Waals surface area contributed by atoms with E-state index in [1.54, 1.807) is 32.4 Å². The molecule has 138 valence electrons. The van der Waals surface area contributed by atoms with E-state index in [1.165, 1.54) is 14.2 Å². The van der Waals surface area contributed by atoms with Gasteiger partial charge in [-0.1, -0.05) is 6.07 Å². The number of aromatic hydroxyl groups is 1. The lowest BCUT2D eigenvalue weighted by Crippen LogP contribution is -2.22. The van der Waals surface area contributed by atoms with Gasteiger partial charge < -0.3 is 28.8 Å². The average Bonchev–Trinajstić information content (AvgIpc) is 2.66. The Balaban J connectivity index is 2.02. The minimum atomic E-state index is -0.621. The molecule has 1 aliphatic rings. The Kier molecular flexibility index (Phi) is 4.79. The maximum absolute atomic E-state index is 12.5. The Hall–Kier alpha value is -3.09. The van der Waals surface area contributed by atoms with Crippen molar-refractivity contribution in [2.24, 2.45) is 0 Å². The number of rotatable bonds is 5. The lowest BCUT2D eigenvalue weighted by atomic mass is 9.93. The van der Waals surface area contributed by atoms with Crippen molar-refractivity contribution < 1.29 is 33.6 Å². The average molecular weight is 360 g/mol. The quantitative estimate of drug-likeness (QED) is 0.821. The number of fused-ring (bicyclic) bond motifs is 1. The van der Waals surface area contributed by atoms with E-state index in [1.807, 2.05) is 6.07 Å². The second-order valence-corrected chi connectivity index (χ2v) is 5.71. The van der Waals surface area contributed by atoms with Crippen LogP contribution in [-0.2, 0) is 11.2 Å². The number of esters is 1. The van der Waals surface area contributed by atoms with Crippen LogP contribution in [0.3, 0.4) is 0 Å². The lowest BCUT2D eigenvalue weighted by molar-refractivity contribution is 0.0246. The zero-order valence-electron chi connectivity index (χ0n) is 15.0. The van der Waals surface area contributed by atoms with Gasteiger partial charge in [-0.05, 0) is 29.3 Å². The van der Waals surface area contributed by atoms with E-state index in [2.05, 4.69) is 0 Å². The maximum atomic E-state index is 12.5. The van der Waals surface area contributed by atoms with Crippen molar-refractivity contribution in [3.8, 4) is 28.7 Å². The first kappa shape index (κ1) is 17.7. The van der Waals surface area contributed by atoms with Crippen molar-refractivity contribution >= 4 is 5.97 Å². The van der Waals surface area contributed by atoms with Crippen LogP contribution in [0.2, 0.25) is 0 Å². The largest absolute Gasteiger partial charge is 0.504 e. The van der Waals surface area contributed by atoms with Gasteiger partial charge in [0.1, 0.15) is 11.7 Å². The molecule has 1 heterocycles. The highest BCUT2D eigenvalue weighted by Gasteiger charge is 2.33. The number of phenolic OH excluding ortho intramolecular Hbond substituents is 1. The zero-order chi connectivity index (χ0) is 18.8. The predicted octanol–water partition coefficient (Wildman–Crippen LogP) is 2.88. The van der Waals surface area contributed by atoms with Crippen LogP contribution in [0.15, 0.2) is 24.3 Å². The molecule has 7 nitrogen and oxygen atoms in total. The number of benzene rings is 2. The highest BCUT2D eigenvalue weighted by atomic mass is 16.5. The third kappa shape index (κ3) is 2.85. The standard InChI is InChI=1S/C19H20O7/c1-22-12-6-5-10(7-14(12)23-2)13-8-11-9-15(24-3)18(25-4)17(20)16(11)19(21)26-13/h5-7,9,13,20H,8H2,1-4H3/t13-/m1/s1. The fourth-order valence-corrected chi connectivity index (χ4v) is 3.08. The molecule has 7 heteroatoms. The van der Waals surface area contributed by atoms with E-state index < -0.39 is 12.1 Å². The summed E-state index contributed by atoms with van der Waals surface area (Å²) in [6, 6.07) is 7.01. The van der Waals surface area contributed by atoms with Gasteiger partial charge in [-0.15, -0.1) is 0 Å². The van der Waals surface area contributed by atoms with Crippen molar-refractivity contribution in [1.29, 1.82) is 0 Å². The molecule has 1 aliphatic heterocycles. The molecule has 2 aromatic rings. The van der Waals surface area contributed by atoms with Gasteiger partial charge in [-0.25, -0.2) is 4.79 Å². The first-order valence-electron chi connectivity index (χ1n) is 7.93. The molecule has 1 atom stereocenters. The van der Waals surface area contributed by atoms with Crippen LogP contribution < -0.4 is 18.9 Å². The Morgan fingerprint density at radius 2 is 1.65 bits per heavy atom. The minimum Gasteiger partial charge on any atom is -0.504 e. The first-order valence-corrected chi connectivity index (χ1v) is 7.93. The van der Waals surface area contributed by atoms with Crippen LogP contribution in [0.5, 0.6) is 28.7 Å². The molecule has 0 amide bonds. The molecule has 0 spiro atoms. The summed E-state index contributed by atoms with van der Waals surface area (Å²) in [5.41, 5.74) is 1.48. The summed E-state index contributed by atoms with van der Waals surface area (Å²) in [5, 5.41) is 10.4. The van der Waals surface area contributed by atoms with Gasteiger partial charge in [0.15, 0.2) is 23.0 Å². The minimum absolute atomic E-state index is 0.0966. The van der Waals surface area contributed by atoms with Gasteiger partial charge in [0.25, 0.3) is 0 Å². The van der Waals surface area contributed by atoms with Crippen molar-refractivity contribution in [3.63, 3.8) is 0 Å². The third-order valence-electron chi connectivity index (χ3n) is 4.36. The Bertz CT molecular complexity index is 844. The van der Waals surface area contributed by atoms with Crippen LogP contribution in [-0.4, -0.2) is 39.5 Å². The number of cyclic esters (lactones) is 1.